The van der Waals surface area contributed by atoms with Gasteiger partial charge in [-0.15, -0.1) is 0 Å². The molecule has 0 aliphatic carbocycles. The molecular formula is C50H53Br2FN2O6. The second-order valence-corrected chi connectivity index (χ2v) is 16.3. The maximum absolute atomic E-state index is 14.6. The first kappa shape index (κ1) is 46.9. The molecular weight excluding hydrogens is 903 g/mol. The minimum atomic E-state index is -0.737. The summed E-state index contributed by atoms with van der Waals surface area (Å²) < 4.78 is 39.0. The molecule has 320 valence electrons. The number of benzene rings is 5. The van der Waals surface area contributed by atoms with E-state index in [-0.39, 0.29) is 22.6 Å². The average molecular weight is 957 g/mol. The van der Waals surface area contributed by atoms with Crippen LogP contribution in [0.1, 0.15) is 123 Å². The second-order valence-electron chi connectivity index (χ2n) is 14.6. The van der Waals surface area contributed by atoms with Crippen molar-refractivity contribution in [2.75, 3.05) is 13.2 Å². The third-order valence-corrected chi connectivity index (χ3v) is 10.9. The summed E-state index contributed by atoms with van der Waals surface area (Å²) in [7, 11) is 0. The number of ether oxygens (including phenoxy) is 4. The van der Waals surface area contributed by atoms with E-state index in [1.54, 1.807) is 61.0 Å². The topological polar surface area (TPSA) is 95.8 Å². The van der Waals surface area contributed by atoms with Crippen molar-refractivity contribution in [1.82, 2.24) is 0 Å². The Balaban J connectivity index is 1.08. The molecule has 0 fully saturated rings. The van der Waals surface area contributed by atoms with Crippen LogP contribution >= 0.6 is 31.9 Å². The first-order chi connectivity index (χ1) is 29.7. The second kappa shape index (κ2) is 25.6. The molecule has 0 aromatic heterocycles. The summed E-state index contributed by atoms with van der Waals surface area (Å²) in [6, 6.07) is 28.0. The van der Waals surface area contributed by atoms with Crippen LogP contribution < -0.4 is 18.9 Å². The van der Waals surface area contributed by atoms with E-state index in [2.05, 4.69) is 55.7 Å². The van der Waals surface area contributed by atoms with Crippen molar-refractivity contribution in [1.29, 1.82) is 0 Å². The van der Waals surface area contributed by atoms with Gasteiger partial charge in [0, 0.05) is 30.6 Å². The number of esters is 2. The number of aliphatic imine (C=N–C) groups is 2. The van der Waals surface area contributed by atoms with E-state index in [1.165, 1.54) is 70.3 Å². The lowest BCUT2D eigenvalue weighted by atomic mass is 10.1. The summed E-state index contributed by atoms with van der Waals surface area (Å²) in [6.45, 7) is 5.78. The van der Waals surface area contributed by atoms with Crippen molar-refractivity contribution in [2.45, 2.75) is 90.9 Å². The molecule has 8 nitrogen and oxygen atoms in total. The van der Waals surface area contributed by atoms with Gasteiger partial charge in [0.2, 0.25) is 0 Å². The Hall–Kier alpha value is -5.13. The van der Waals surface area contributed by atoms with Crippen LogP contribution in [0.2, 0.25) is 0 Å². The highest BCUT2D eigenvalue weighted by Crippen LogP contribution is 2.31. The lowest BCUT2D eigenvalue weighted by molar-refractivity contribution is 0.0732. The fourth-order valence-electron chi connectivity index (χ4n) is 6.20. The lowest BCUT2D eigenvalue weighted by Gasteiger charge is -2.09. The molecule has 11 heteroatoms. The molecule has 61 heavy (non-hydrogen) atoms. The number of rotatable bonds is 24. The molecule has 0 spiro atoms. The highest BCUT2D eigenvalue weighted by Gasteiger charge is 2.14. The van der Waals surface area contributed by atoms with Crippen molar-refractivity contribution >= 4 is 67.6 Å². The molecule has 0 radical (unpaired) electrons. The Morgan fingerprint density at radius 3 is 1.31 bits per heavy atom. The van der Waals surface area contributed by atoms with Gasteiger partial charge in [-0.2, -0.15) is 0 Å². The maximum Gasteiger partial charge on any atom is 0.343 e. The zero-order valence-electron chi connectivity index (χ0n) is 34.8. The molecule has 0 heterocycles. The fourth-order valence-corrected chi connectivity index (χ4v) is 7.16. The molecule has 0 atom stereocenters. The smallest absolute Gasteiger partial charge is 0.343 e. The van der Waals surface area contributed by atoms with E-state index in [9.17, 15) is 14.0 Å². The molecule has 5 aromatic carbocycles. The molecule has 5 aromatic rings. The van der Waals surface area contributed by atoms with Gasteiger partial charge in [-0.3, -0.25) is 9.98 Å². The monoisotopic (exact) mass is 954 g/mol. The number of carbonyl (C=O) groups is 2. The fraction of sp³-hybridized carbons (Fsp3) is 0.320. The van der Waals surface area contributed by atoms with E-state index in [4.69, 9.17) is 18.9 Å². The van der Waals surface area contributed by atoms with Crippen LogP contribution in [0, 0.1) is 5.82 Å². The standard InChI is InChI=1S/C50H53Br2FN2O6/c1-3-5-7-9-11-13-27-58-47-25-23-41(31-45(47)51)54-34-36-15-19-38(20-16-36)49(56)60-43-29-40(53)30-44(33-43)61-50(57)39-21-17-37(18-22-39)35-55-42-24-26-48(46(52)32-42)59-28-14-12-10-8-6-4-2/h15-26,29-35H,3-14,27-28H2,1-2H3. The highest BCUT2D eigenvalue weighted by atomic mass is 79.9. The predicted molar refractivity (Wildman–Crippen MR) is 250 cm³/mol. The van der Waals surface area contributed by atoms with Crippen LogP contribution in [0.5, 0.6) is 23.0 Å². The molecule has 0 bridgehead atoms. The van der Waals surface area contributed by atoms with Gasteiger partial charge < -0.3 is 18.9 Å². The van der Waals surface area contributed by atoms with Crippen LogP contribution in [0.3, 0.4) is 0 Å². The normalized spacial score (nSPS) is 11.3. The largest absolute Gasteiger partial charge is 0.492 e. The zero-order valence-corrected chi connectivity index (χ0v) is 38.0. The van der Waals surface area contributed by atoms with Gasteiger partial charge in [-0.1, -0.05) is 102 Å². The van der Waals surface area contributed by atoms with Gasteiger partial charge in [-0.25, -0.2) is 14.0 Å². The van der Waals surface area contributed by atoms with Gasteiger partial charge in [0.15, 0.2) is 0 Å². The van der Waals surface area contributed by atoms with Crippen molar-refractivity contribution in [3.8, 4) is 23.0 Å². The molecule has 0 saturated carbocycles. The number of hydrogen-bond donors (Lipinski definition) is 0. The summed E-state index contributed by atoms with van der Waals surface area (Å²) in [4.78, 5) is 35.0. The summed E-state index contributed by atoms with van der Waals surface area (Å²) in [6.07, 6.45) is 17.8. The van der Waals surface area contributed by atoms with Crippen LogP contribution in [-0.2, 0) is 0 Å². The summed E-state index contributed by atoms with van der Waals surface area (Å²) >= 11 is 7.16. The van der Waals surface area contributed by atoms with Gasteiger partial charge in [0.05, 0.1) is 44.7 Å². The van der Waals surface area contributed by atoms with Gasteiger partial charge >= 0.3 is 11.9 Å². The molecule has 0 saturated heterocycles. The van der Waals surface area contributed by atoms with Crippen molar-refractivity contribution in [3.63, 3.8) is 0 Å². The van der Waals surface area contributed by atoms with Gasteiger partial charge in [0.25, 0.3) is 0 Å². The highest BCUT2D eigenvalue weighted by molar-refractivity contribution is 9.11. The Labute approximate surface area is 375 Å². The molecule has 0 amide bonds. The number of nitrogens with zero attached hydrogens (tertiary/aromatic N) is 2. The summed E-state index contributed by atoms with van der Waals surface area (Å²) in [5.41, 5.74) is 3.49. The number of halogens is 3. The van der Waals surface area contributed by atoms with E-state index in [1.807, 2.05) is 36.4 Å². The first-order valence-electron chi connectivity index (χ1n) is 21.1. The molecule has 0 unspecified atom stereocenters. The van der Waals surface area contributed by atoms with Crippen molar-refractivity contribution in [2.24, 2.45) is 9.98 Å². The Bertz CT molecular complexity index is 2070. The van der Waals surface area contributed by atoms with E-state index < -0.39 is 17.8 Å². The molecule has 0 aliphatic heterocycles. The maximum atomic E-state index is 14.6. The number of unbranched alkanes of at least 4 members (excludes halogenated alkanes) is 10. The minimum Gasteiger partial charge on any atom is -0.492 e. The van der Waals surface area contributed by atoms with E-state index in [0.29, 0.717) is 13.2 Å². The molecule has 0 aliphatic rings. The lowest BCUT2D eigenvalue weighted by Crippen LogP contribution is -2.11. The van der Waals surface area contributed by atoms with E-state index >= 15 is 0 Å². The zero-order chi connectivity index (χ0) is 43.2. The SMILES string of the molecule is CCCCCCCCOc1ccc(N=Cc2ccc(C(=O)Oc3cc(F)cc(OC(=O)c4ccc(C=Nc5ccc(OCCCCCCCC)c(Br)c5)cc4)c3)cc2)cc1Br. The van der Waals surface area contributed by atoms with Crippen LogP contribution in [0.4, 0.5) is 15.8 Å². The summed E-state index contributed by atoms with van der Waals surface area (Å²) in [5, 5.41) is 0. The molecule has 5 rings (SSSR count). The van der Waals surface area contributed by atoms with E-state index in [0.717, 1.165) is 67.9 Å². The predicted octanol–water partition coefficient (Wildman–Crippen LogP) is 14.8. The van der Waals surface area contributed by atoms with Crippen LogP contribution in [0.25, 0.3) is 0 Å². The Morgan fingerprint density at radius 1 is 0.525 bits per heavy atom. The van der Waals surface area contributed by atoms with Crippen molar-refractivity contribution < 1.29 is 32.9 Å². The van der Waals surface area contributed by atoms with Gasteiger partial charge in [0.1, 0.15) is 28.8 Å². The quantitative estimate of drug-likeness (QED) is 0.0265. The molecule has 0 N–H and O–H groups in total. The third-order valence-electron chi connectivity index (χ3n) is 9.63. The van der Waals surface area contributed by atoms with Crippen LogP contribution in [-0.4, -0.2) is 37.6 Å². The average Bonchev–Trinajstić information content (AvgIpc) is 3.25. The third kappa shape index (κ3) is 16.3. The van der Waals surface area contributed by atoms with Gasteiger partial charge in [-0.05, 0) is 116 Å². The Morgan fingerprint density at radius 2 is 0.918 bits per heavy atom. The Kier molecular flexibility index (Phi) is 19.7. The minimum absolute atomic E-state index is 0.112. The first-order valence-corrected chi connectivity index (χ1v) is 22.7. The van der Waals surface area contributed by atoms with Crippen molar-refractivity contribution in [3.05, 3.63) is 140 Å². The number of hydrogen-bond acceptors (Lipinski definition) is 8. The number of carbonyl (C=O) groups excluding carboxylic acids is 2. The van der Waals surface area contributed by atoms with Crippen LogP contribution in [0.15, 0.2) is 122 Å². The summed E-state index contributed by atoms with van der Waals surface area (Å²) in [5.74, 6) is -0.809.